The third-order valence-electron chi connectivity index (χ3n) is 5.60. The molecule has 0 amide bonds. The monoisotopic (exact) mass is 247 g/mol. The number of anilines is 1. The summed E-state index contributed by atoms with van der Waals surface area (Å²) in [5.41, 5.74) is 13.7. The lowest BCUT2D eigenvalue weighted by molar-refractivity contribution is -0.00528. The molecule has 0 saturated heterocycles. The van der Waals surface area contributed by atoms with Crippen molar-refractivity contribution in [1.82, 2.24) is 5.16 Å². The van der Waals surface area contributed by atoms with Gasteiger partial charge in [0.15, 0.2) is 0 Å². The third-order valence-corrected chi connectivity index (χ3v) is 5.60. The molecule has 5 rings (SSSR count). The molecule has 4 saturated carbocycles. The number of hydrogen-bond donors (Lipinski definition) is 2. The molecule has 18 heavy (non-hydrogen) atoms. The first-order valence-electron chi connectivity index (χ1n) is 7.20. The third kappa shape index (κ3) is 1.38. The molecule has 1 aromatic rings. The normalized spacial score (nSPS) is 41.5. The van der Waals surface area contributed by atoms with Crippen molar-refractivity contribution in [3.63, 3.8) is 0 Å². The van der Waals surface area contributed by atoms with E-state index in [1.54, 1.807) is 0 Å². The fraction of sp³-hybridized carbons (Fsp3) is 0.786. The minimum absolute atomic E-state index is 0.432. The largest absolute Gasteiger partial charge is 0.367 e. The average molecular weight is 247 g/mol. The molecular weight excluding hydrogens is 226 g/mol. The fourth-order valence-corrected chi connectivity index (χ4v) is 5.17. The quantitative estimate of drug-likeness (QED) is 0.840. The van der Waals surface area contributed by atoms with E-state index in [2.05, 4.69) is 5.16 Å². The summed E-state index contributed by atoms with van der Waals surface area (Å²) in [5.74, 6) is 4.56. The van der Waals surface area contributed by atoms with E-state index < -0.39 is 0 Å². The summed E-state index contributed by atoms with van der Waals surface area (Å²) in [7, 11) is 0. The summed E-state index contributed by atoms with van der Waals surface area (Å²) in [4.78, 5) is 0. The van der Waals surface area contributed by atoms with Gasteiger partial charge in [0.25, 0.3) is 0 Å². The smallest absolute Gasteiger partial charge is 0.226 e. The van der Waals surface area contributed by atoms with E-state index in [1.165, 1.54) is 32.1 Å². The molecule has 0 aromatic carbocycles. The van der Waals surface area contributed by atoms with Crippen molar-refractivity contribution in [2.45, 2.75) is 44.6 Å². The van der Waals surface area contributed by atoms with Crippen LogP contribution in [-0.2, 0) is 6.54 Å². The highest BCUT2D eigenvalue weighted by Crippen LogP contribution is 2.60. The van der Waals surface area contributed by atoms with Gasteiger partial charge in [0, 0.05) is 12.5 Å². The molecule has 4 aliphatic rings. The molecule has 4 aliphatic carbocycles. The summed E-state index contributed by atoms with van der Waals surface area (Å²) >= 11 is 0. The zero-order valence-corrected chi connectivity index (χ0v) is 10.6. The number of nitrogens with zero attached hydrogens (tertiary/aromatic N) is 1. The van der Waals surface area contributed by atoms with Gasteiger partial charge in [-0.25, -0.2) is 0 Å². The van der Waals surface area contributed by atoms with Crippen LogP contribution in [0.25, 0.3) is 0 Å². The fourth-order valence-electron chi connectivity index (χ4n) is 5.17. The maximum atomic E-state index is 5.84. The lowest BCUT2D eigenvalue weighted by atomic mass is 9.51. The van der Waals surface area contributed by atoms with Gasteiger partial charge in [-0.2, -0.15) is 0 Å². The first-order chi connectivity index (χ1) is 8.76. The molecule has 4 fully saturated rings. The van der Waals surface area contributed by atoms with Crippen molar-refractivity contribution in [3.05, 3.63) is 11.3 Å². The minimum Gasteiger partial charge on any atom is -0.367 e. The van der Waals surface area contributed by atoms with Crippen LogP contribution in [-0.4, -0.2) is 5.16 Å². The molecule has 4 N–H and O–H groups in total. The Hall–Kier alpha value is -1.03. The maximum Gasteiger partial charge on any atom is 0.226 e. The Kier molecular flexibility index (Phi) is 2.25. The highest BCUT2D eigenvalue weighted by molar-refractivity contribution is 5.41. The molecule has 0 spiro atoms. The van der Waals surface area contributed by atoms with Crippen molar-refractivity contribution in [2.75, 3.05) is 5.73 Å². The van der Waals surface area contributed by atoms with E-state index in [0.29, 0.717) is 18.3 Å². The molecule has 4 heteroatoms. The van der Waals surface area contributed by atoms with E-state index in [9.17, 15) is 0 Å². The molecule has 0 atom stereocenters. The highest BCUT2D eigenvalue weighted by Gasteiger charge is 2.50. The minimum atomic E-state index is 0.432. The molecule has 0 aliphatic heterocycles. The lowest BCUT2D eigenvalue weighted by Crippen LogP contribution is -2.44. The van der Waals surface area contributed by atoms with Crippen LogP contribution in [0.2, 0.25) is 0 Å². The average Bonchev–Trinajstić information content (AvgIpc) is 2.69. The topological polar surface area (TPSA) is 78.1 Å². The second-order valence-electron chi connectivity index (χ2n) is 6.57. The molecule has 4 bridgehead atoms. The summed E-state index contributed by atoms with van der Waals surface area (Å²) in [6, 6.07) is 0. The second kappa shape index (κ2) is 3.73. The summed E-state index contributed by atoms with van der Waals surface area (Å²) in [6.45, 7) is 0.452. The Morgan fingerprint density at radius 3 is 2.22 bits per heavy atom. The van der Waals surface area contributed by atoms with Crippen molar-refractivity contribution >= 4 is 5.88 Å². The van der Waals surface area contributed by atoms with Crippen LogP contribution in [0.15, 0.2) is 4.52 Å². The summed E-state index contributed by atoms with van der Waals surface area (Å²) in [5, 5.41) is 4.25. The summed E-state index contributed by atoms with van der Waals surface area (Å²) < 4.78 is 5.19. The van der Waals surface area contributed by atoms with Crippen molar-refractivity contribution in [3.8, 4) is 0 Å². The molecule has 1 aromatic heterocycles. The first-order valence-corrected chi connectivity index (χ1v) is 7.20. The summed E-state index contributed by atoms with van der Waals surface area (Å²) in [6.07, 6.45) is 7.01. The van der Waals surface area contributed by atoms with Crippen molar-refractivity contribution in [2.24, 2.45) is 29.4 Å². The maximum absolute atomic E-state index is 5.84. The van der Waals surface area contributed by atoms with Crippen LogP contribution in [0.4, 0.5) is 5.88 Å². The first kappa shape index (κ1) is 10.9. The van der Waals surface area contributed by atoms with Crippen LogP contribution in [0, 0.1) is 23.7 Å². The molecule has 1 heterocycles. The Bertz CT molecular complexity index is 440. The van der Waals surface area contributed by atoms with Gasteiger partial charge in [0.05, 0.1) is 11.3 Å². The van der Waals surface area contributed by atoms with Crippen LogP contribution in [0.1, 0.15) is 49.3 Å². The molecular formula is C14H21N3O. The van der Waals surface area contributed by atoms with Crippen LogP contribution >= 0.6 is 0 Å². The number of rotatable bonds is 2. The van der Waals surface area contributed by atoms with Crippen LogP contribution in [0.3, 0.4) is 0 Å². The van der Waals surface area contributed by atoms with E-state index in [4.69, 9.17) is 16.0 Å². The standard InChI is InChI=1S/C14H21N3O/c15-6-11-13(17-18-14(11)16)12-9-2-7-1-8(4-9)5-10(12)3-7/h7-10,12H,1-6,15-16H2. The Morgan fingerprint density at radius 1 is 1.06 bits per heavy atom. The molecule has 4 nitrogen and oxygen atoms in total. The SMILES string of the molecule is NCc1c(C2C3CC4CC(C3)CC2C4)noc1N. The predicted molar refractivity (Wildman–Crippen MR) is 68.6 cm³/mol. The van der Waals surface area contributed by atoms with Gasteiger partial charge in [0.1, 0.15) is 0 Å². The van der Waals surface area contributed by atoms with Crippen molar-refractivity contribution < 1.29 is 4.52 Å². The number of hydrogen-bond acceptors (Lipinski definition) is 4. The Morgan fingerprint density at radius 2 is 1.67 bits per heavy atom. The lowest BCUT2D eigenvalue weighted by Gasteiger charge is -2.54. The molecule has 98 valence electrons. The Balaban J connectivity index is 1.72. The highest BCUT2D eigenvalue weighted by atomic mass is 16.5. The van der Waals surface area contributed by atoms with E-state index in [0.717, 1.165) is 34.9 Å². The Labute approximate surface area is 107 Å². The van der Waals surface area contributed by atoms with Gasteiger partial charge in [-0.3, -0.25) is 0 Å². The second-order valence-corrected chi connectivity index (χ2v) is 6.57. The van der Waals surface area contributed by atoms with Gasteiger partial charge in [-0.05, 0) is 55.8 Å². The van der Waals surface area contributed by atoms with E-state index in [-0.39, 0.29) is 0 Å². The van der Waals surface area contributed by atoms with Gasteiger partial charge < -0.3 is 16.0 Å². The predicted octanol–water partition coefficient (Wildman–Crippen LogP) is 2.26. The van der Waals surface area contributed by atoms with Gasteiger partial charge >= 0.3 is 0 Å². The zero-order valence-electron chi connectivity index (χ0n) is 10.6. The van der Waals surface area contributed by atoms with Crippen LogP contribution < -0.4 is 11.5 Å². The van der Waals surface area contributed by atoms with Crippen molar-refractivity contribution in [1.29, 1.82) is 0 Å². The molecule has 0 unspecified atom stereocenters. The number of nitrogens with two attached hydrogens (primary N) is 2. The number of aromatic nitrogens is 1. The van der Waals surface area contributed by atoms with Gasteiger partial charge in [-0.15, -0.1) is 0 Å². The zero-order chi connectivity index (χ0) is 12.3. The number of nitrogen functional groups attached to an aromatic ring is 1. The van der Waals surface area contributed by atoms with Gasteiger partial charge in [0.2, 0.25) is 5.88 Å². The van der Waals surface area contributed by atoms with Crippen LogP contribution in [0.5, 0.6) is 0 Å². The van der Waals surface area contributed by atoms with E-state index >= 15 is 0 Å². The molecule has 0 radical (unpaired) electrons. The van der Waals surface area contributed by atoms with E-state index in [1.807, 2.05) is 0 Å². The van der Waals surface area contributed by atoms with Gasteiger partial charge in [-0.1, -0.05) is 5.16 Å².